The van der Waals surface area contributed by atoms with Gasteiger partial charge in [0, 0.05) is 0 Å². The molecule has 104 valence electrons. The van der Waals surface area contributed by atoms with Crippen LogP contribution in [-0.4, -0.2) is 12.6 Å². The van der Waals surface area contributed by atoms with Crippen molar-refractivity contribution in [2.75, 3.05) is 6.79 Å². The zero-order valence-electron chi connectivity index (χ0n) is 10.6. The fourth-order valence-electron chi connectivity index (χ4n) is 1.93. The van der Waals surface area contributed by atoms with Gasteiger partial charge in [-0.1, -0.05) is 17.7 Å². The van der Waals surface area contributed by atoms with Gasteiger partial charge >= 0.3 is 0 Å². The molecule has 0 bridgehead atoms. The summed E-state index contributed by atoms with van der Waals surface area (Å²) in [6.07, 6.45) is 1.50. The number of nitriles is 1. The molecule has 0 spiro atoms. The zero-order chi connectivity index (χ0) is 14.8. The van der Waals surface area contributed by atoms with Crippen molar-refractivity contribution in [3.8, 4) is 17.6 Å². The lowest BCUT2D eigenvalue weighted by Gasteiger charge is -2.02. The molecule has 1 aromatic heterocycles. The van der Waals surface area contributed by atoms with Crippen molar-refractivity contribution in [2.24, 2.45) is 0 Å². The molecule has 4 nitrogen and oxygen atoms in total. The Balaban J connectivity index is 1.98. The molecule has 0 saturated carbocycles. The lowest BCUT2D eigenvalue weighted by atomic mass is 10.1. The van der Waals surface area contributed by atoms with E-state index in [0.717, 1.165) is 0 Å². The predicted octanol–water partition coefficient (Wildman–Crippen LogP) is 3.92. The monoisotopic (exact) mass is 317 g/mol. The maximum Gasteiger partial charge on any atom is 0.231 e. The number of hydrogen-bond acceptors (Lipinski definition) is 5. The number of halogens is 1. The standard InChI is InChI=1S/C15H8ClNO3S/c16-11-5-9(6-12-15(11)20-8-19-12)4-10(7-17)14(18)13-2-1-3-21-13/h1-6H,8H2/b10-4+. The highest BCUT2D eigenvalue weighted by Crippen LogP contribution is 2.40. The summed E-state index contributed by atoms with van der Waals surface area (Å²) in [5, 5.41) is 11.4. The van der Waals surface area contributed by atoms with Crippen molar-refractivity contribution in [2.45, 2.75) is 0 Å². The van der Waals surface area contributed by atoms with E-state index in [9.17, 15) is 10.1 Å². The van der Waals surface area contributed by atoms with Gasteiger partial charge in [0.15, 0.2) is 11.5 Å². The highest BCUT2D eigenvalue weighted by molar-refractivity contribution is 7.12. The molecule has 0 radical (unpaired) electrons. The molecule has 3 rings (SSSR count). The van der Waals surface area contributed by atoms with Gasteiger partial charge < -0.3 is 9.47 Å². The number of carbonyl (C=O) groups is 1. The fourth-order valence-corrected chi connectivity index (χ4v) is 2.88. The van der Waals surface area contributed by atoms with Crippen LogP contribution in [0, 0.1) is 11.3 Å². The number of carbonyl (C=O) groups excluding carboxylic acids is 1. The number of rotatable bonds is 3. The lowest BCUT2D eigenvalue weighted by molar-refractivity contribution is 0.104. The average Bonchev–Trinajstić information content (AvgIpc) is 3.14. The smallest absolute Gasteiger partial charge is 0.231 e. The Hall–Kier alpha value is -2.29. The van der Waals surface area contributed by atoms with Gasteiger partial charge in [0.2, 0.25) is 12.6 Å². The normalized spacial score (nSPS) is 13.0. The molecule has 2 heterocycles. The van der Waals surface area contributed by atoms with E-state index in [1.807, 2.05) is 6.07 Å². The highest BCUT2D eigenvalue weighted by atomic mass is 35.5. The van der Waals surface area contributed by atoms with Gasteiger partial charge in [0.05, 0.1) is 9.90 Å². The quantitative estimate of drug-likeness (QED) is 0.489. The molecule has 0 N–H and O–H groups in total. The first-order valence-electron chi connectivity index (χ1n) is 5.98. The van der Waals surface area contributed by atoms with Gasteiger partial charge in [-0.2, -0.15) is 5.26 Å². The number of hydrogen-bond donors (Lipinski definition) is 0. The second kappa shape index (κ2) is 5.60. The van der Waals surface area contributed by atoms with E-state index in [0.29, 0.717) is 27.0 Å². The molecule has 1 aromatic carbocycles. The van der Waals surface area contributed by atoms with Gasteiger partial charge in [-0.3, -0.25) is 4.79 Å². The largest absolute Gasteiger partial charge is 0.454 e. The first-order chi connectivity index (χ1) is 10.2. The molecule has 2 aromatic rings. The van der Waals surface area contributed by atoms with Gasteiger partial charge in [-0.15, -0.1) is 11.3 Å². The zero-order valence-corrected chi connectivity index (χ0v) is 12.2. The van der Waals surface area contributed by atoms with E-state index in [1.54, 1.807) is 29.6 Å². The predicted molar refractivity (Wildman–Crippen MR) is 79.8 cm³/mol. The molecule has 0 atom stereocenters. The van der Waals surface area contributed by atoms with Gasteiger partial charge in [-0.05, 0) is 35.2 Å². The third kappa shape index (κ3) is 2.64. The molecule has 0 aliphatic carbocycles. The van der Waals surface area contributed by atoms with E-state index in [4.69, 9.17) is 21.1 Å². The van der Waals surface area contributed by atoms with Crippen LogP contribution in [0.4, 0.5) is 0 Å². The first kappa shape index (κ1) is 13.7. The number of Topliss-reactive ketones (excluding diaryl/α,β-unsaturated/α-hetero) is 1. The second-order valence-corrected chi connectivity index (χ2v) is 5.57. The summed E-state index contributed by atoms with van der Waals surface area (Å²) in [5.41, 5.74) is 0.665. The average molecular weight is 318 g/mol. The summed E-state index contributed by atoms with van der Waals surface area (Å²) in [7, 11) is 0. The number of benzene rings is 1. The van der Waals surface area contributed by atoms with Crippen LogP contribution in [0.1, 0.15) is 15.2 Å². The van der Waals surface area contributed by atoms with Crippen LogP contribution in [0.3, 0.4) is 0 Å². The summed E-state index contributed by atoms with van der Waals surface area (Å²) < 4.78 is 10.5. The van der Waals surface area contributed by atoms with Crippen molar-refractivity contribution >= 4 is 34.8 Å². The number of nitrogens with zero attached hydrogens (tertiary/aromatic N) is 1. The lowest BCUT2D eigenvalue weighted by Crippen LogP contribution is -1.98. The van der Waals surface area contributed by atoms with E-state index >= 15 is 0 Å². The minimum absolute atomic E-state index is 0.0485. The fraction of sp³-hybridized carbons (Fsp3) is 0.0667. The van der Waals surface area contributed by atoms with Crippen LogP contribution in [0.5, 0.6) is 11.5 Å². The Morgan fingerprint density at radius 2 is 2.29 bits per heavy atom. The van der Waals surface area contributed by atoms with Crippen LogP contribution < -0.4 is 9.47 Å². The van der Waals surface area contributed by atoms with E-state index in [-0.39, 0.29) is 18.1 Å². The summed E-state index contributed by atoms with van der Waals surface area (Å²) in [6.45, 7) is 0.113. The minimum atomic E-state index is -0.304. The second-order valence-electron chi connectivity index (χ2n) is 4.21. The van der Waals surface area contributed by atoms with Gasteiger partial charge in [0.1, 0.15) is 11.6 Å². The molecule has 1 aliphatic rings. The third-order valence-electron chi connectivity index (χ3n) is 2.87. The third-order valence-corrected chi connectivity index (χ3v) is 4.02. The molecule has 6 heteroatoms. The van der Waals surface area contributed by atoms with Crippen LogP contribution in [-0.2, 0) is 0 Å². The summed E-state index contributed by atoms with van der Waals surface area (Å²) in [5.74, 6) is 0.688. The number of thiophene rings is 1. The van der Waals surface area contributed by atoms with Crippen LogP contribution in [0.15, 0.2) is 35.2 Å². The van der Waals surface area contributed by atoms with Crippen LogP contribution in [0.25, 0.3) is 6.08 Å². The first-order valence-corrected chi connectivity index (χ1v) is 7.24. The molecular weight excluding hydrogens is 310 g/mol. The molecule has 0 saturated heterocycles. The number of ketones is 1. The minimum Gasteiger partial charge on any atom is -0.454 e. The molecule has 0 amide bonds. The van der Waals surface area contributed by atoms with Crippen molar-refractivity contribution < 1.29 is 14.3 Å². The van der Waals surface area contributed by atoms with Crippen molar-refractivity contribution in [1.82, 2.24) is 0 Å². The topological polar surface area (TPSA) is 59.3 Å². The SMILES string of the molecule is N#C/C(=C\c1cc(Cl)c2c(c1)OCO2)C(=O)c1cccs1. The number of fused-ring (bicyclic) bond motifs is 1. The van der Waals surface area contributed by atoms with Crippen LogP contribution >= 0.6 is 22.9 Å². The summed E-state index contributed by atoms with van der Waals surface area (Å²) in [4.78, 5) is 12.7. The van der Waals surface area contributed by atoms with Crippen molar-refractivity contribution in [3.05, 3.63) is 50.7 Å². The Morgan fingerprint density at radius 3 is 3.00 bits per heavy atom. The Kier molecular flexibility index (Phi) is 3.65. The maximum atomic E-state index is 12.2. The van der Waals surface area contributed by atoms with Crippen molar-refractivity contribution in [3.63, 3.8) is 0 Å². The number of ether oxygens (including phenoxy) is 2. The van der Waals surface area contributed by atoms with E-state index in [1.165, 1.54) is 17.4 Å². The number of allylic oxidation sites excluding steroid dienone is 1. The molecule has 1 aliphatic heterocycles. The molecule has 0 fully saturated rings. The van der Waals surface area contributed by atoms with E-state index in [2.05, 4.69) is 0 Å². The van der Waals surface area contributed by atoms with Gasteiger partial charge in [0.25, 0.3) is 0 Å². The summed E-state index contributed by atoms with van der Waals surface area (Å²) >= 11 is 7.38. The van der Waals surface area contributed by atoms with Crippen molar-refractivity contribution in [1.29, 1.82) is 5.26 Å². The molecule has 21 heavy (non-hydrogen) atoms. The van der Waals surface area contributed by atoms with Gasteiger partial charge in [-0.25, -0.2) is 0 Å². The molecular formula is C15H8ClNO3S. The van der Waals surface area contributed by atoms with E-state index < -0.39 is 0 Å². The Bertz CT molecular complexity index is 775. The maximum absolute atomic E-state index is 12.2. The Labute approximate surface area is 129 Å². The highest BCUT2D eigenvalue weighted by Gasteiger charge is 2.19. The molecule has 0 unspecified atom stereocenters. The Morgan fingerprint density at radius 1 is 1.43 bits per heavy atom. The van der Waals surface area contributed by atoms with Crippen LogP contribution in [0.2, 0.25) is 5.02 Å². The summed E-state index contributed by atoms with van der Waals surface area (Å²) in [6, 6.07) is 8.70.